The molecule has 0 bridgehead atoms. The Morgan fingerprint density at radius 3 is 2.43 bits per heavy atom. The highest BCUT2D eigenvalue weighted by atomic mass is 35.5. The first-order valence-corrected chi connectivity index (χ1v) is 10.3. The molecule has 1 saturated heterocycles. The Morgan fingerprint density at radius 2 is 1.79 bits per heavy atom. The van der Waals surface area contributed by atoms with Gasteiger partial charge in [0.15, 0.2) is 0 Å². The van der Waals surface area contributed by atoms with Crippen LogP contribution in [0.1, 0.15) is 0 Å². The molecule has 2 aromatic heterocycles. The van der Waals surface area contributed by atoms with Gasteiger partial charge in [-0.15, -0.1) is 11.3 Å². The number of hydrogen-bond donors (Lipinski definition) is 0. The molecule has 9 heteroatoms. The minimum atomic E-state index is -0.250. The van der Waals surface area contributed by atoms with Gasteiger partial charge in [0.1, 0.15) is 18.1 Å². The third kappa shape index (κ3) is 4.16. The van der Waals surface area contributed by atoms with E-state index in [1.807, 2.05) is 11.0 Å². The summed E-state index contributed by atoms with van der Waals surface area (Å²) in [6.07, 6.45) is 1.66. The summed E-state index contributed by atoms with van der Waals surface area (Å²) >= 11 is 13.6. The van der Waals surface area contributed by atoms with Crippen molar-refractivity contribution in [3.05, 3.63) is 57.8 Å². The lowest BCUT2D eigenvalue weighted by molar-refractivity contribution is -0.132. The van der Waals surface area contributed by atoms with Crippen molar-refractivity contribution in [1.29, 1.82) is 0 Å². The first-order chi connectivity index (χ1) is 13.5. The monoisotopic (exact) mass is 438 g/mol. The molecule has 0 atom stereocenters. The van der Waals surface area contributed by atoms with Crippen LogP contribution in [0.3, 0.4) is 0 Å². The minimum Gasteiger partial charge on any atom is -0.368 e. The van der Waals surface area contributed by atoms with Crippen LogP contribution in [0.5, 0.6) is 0 Å². The quantitative estimate of drug-likeness (QED) is 0.605. The molecule has 0 unspecified atom stereocenters. The average Bonchev–Trinajstić information content (AvgIpc) is 3.27. The van der Waals surface area contributed by atoms with Crippen molar-refractivity contribution in [2.75, 3.05) is 31.1 Å². The van der Waals surface area contributed by atoms with E-state index >= 15 is 0 Å². The van der Waals surface area contributed by atoms with Gasteiger partial charge in [-0.1, -0.05) is 23.2 Å². The SMILES string of the molecule is O=C(Cn1cc(Cl)c(-c2ccc(Cl)s2)n1)N1CCN(c2ccc(F)cc2)CC1. The van der Waals surface area contributed by atoms with Gasteiger partial charge < -0.3 is 9.80 Å². The first kappa shape index (κ1) is 19.2. The second kappa shape index (κ2) is 8.11. The first-order valence-electron chi connectivity index (χ1n) is 8.76. The van der Waals surface area contributed by atoms with E-state index < -0.39 is 0 Å². The molecular weight excluding hydrogens is 422 g/mol. The zero-order chi connectivity index (χ0) is 19.7. The third-order valence-electron chi connectivity index (χ3n) is 4.65. The normalized spacial score (nSPS) is 14.5. The molecule has 1 aliphatic rings. The van der Waals surface area contributed by atoms with Crippen LogP contribution in [0.15, 0.2) is 42.6 Å². The molecule has 1 amide bonds. The van der Waals surface area contributed by atoms with Gasteiger partial charge in [0, 0.05) is 38.1 Å². The number of halogens is 3. The zero-order valence-corrected chi connectivity index (χ0v) is 17.1. The largest absolute Gasteiger partial charge is 0.368 e. The van der Waals surface area contributed by atoms with Gasteiger partial charge in [-0.3, -0.25) is 9.48 Å². The standard InChI is InChI=1S/C19H17Cl2FN4OS/c20-15-11-26(23-19(15)16-5-6-17(21)28-16)12-18(27)25-9-7-24(8-10-25)14-3-1-13(22)2-4-14/h1-6,11H,7-10,12H2. The number of carbonyl (C=O) groups excluding carboxylic acids is 1. The Morgan fingerprint density at radius 1 is 1.07 bits per heavy atom. The molecule has 146 valence electrons. The van der Waals surface area contributed by atoms with Crippen LogP contribution in [0.25, 0.3) is 10.6 Å². The number of thiophene rings is 1. The Kier molecular flexibility index (Phi) is 5.57. The van der Waals surface area contributed by atoms with E-state index in [-0.39, 0.29) is 18.3 Å². The van der Waals surface area contributed by atoms with E-state index in [0.717, 1.165) is 10.6 Å². The molecule has 1 aromatic carbocycles. The molecule has 0 aliphatic carbocycles. The number of amides is 1. The van der Waals surface area contributed by atoms with Crippen LogP contribution in [-0.2, 0) is 11.3 Å². The average molecular weight is 439 g/mol. The van der Waals surface area contributed by atoms with Crippen molar-refractivity contribution < 1.29 is 9.18 Å². The molecule has 28 heavy (non-hydrogen) atoms. The van der Waals surface area contributed by atoms with E-state index in [1.165, 1.54) is 23.5 Å². The summed E-state index contributed by atoms with van der Waals surface area (Å²) in [5, 5.41) is 4.94. The van der Waals surface area contributed by atoms with Gasteiger partial charge in [0.05, 0.1) is 14.2 Å². The van der Waals surface area contributed by atoms with Crippen LogP contribution in [0, 0.1) is 5.82 Å². The van der Waals surface area contributed by atoms with Gasteiger partial charge in [-0.25, -0.2) is 4.39 Å². The van der Waals surface area contributed by atoms with Crippen LogP contribution in [0.4, 0.5) is 10.1 Å². The van der Waals surface area contributed by atoms with E-state index in [2.05, 4.69) is 10.00 Å². The van der Waals surface area contributed by atoms with Crippen molar-refractivity contribution in [3.8, 4) is 10.6 Å². The maximum atomic E-state index is 13.1. The summed E-state index contributed by atoms with van der Waals surface area (Å²) in [4.78, 5) is 17.5. The fraction of sp³-hybridized carbons (Fsp3) is 0.263. The van der Waals surface area contributed by atoms with E-state index in [9.17, 15) is 9.18 Å². The fourth-order valence-corrected chi connectivity index (χ4v) is 4.54. The highest BCUT2D eigenvalue weighted by Crippen LogP contribution is 2.34. The van der Waals surface area contributed by atoms with Crippen molar-refractivity contribution in [2.24, 2.45) is 0 Å². The lowest BCUT2D eigenvalue weighted by atomic mass is 10.2. The van der Waals surface area contributed by atoms with Crippen molar-refractivity contribution in [1.82, 2.24) is 14.7 Å². The maximum absolute atomic E-state index is 13.1. The predicted molar refractivity (Wildman–Crippen MR) is 111 cm³/mol. The summed E-state index contributed by atoms with van der Waals surface area (Å²) in [7, 11) is 0. The van der Waals surface area contributed by atoms with Crippen LogP contribution in [-0.4, -0.2) is 46.8 Å². The van der Waals surface area contributed by atoms with E-state index in [4.69, 9.17) is 23.2 Å². The topological polar surface area (TPSA) is 41.4 Å². The van der Waals surface area contributed by atoms with Gasteiger partial charge in [-0.2, -0.15) is 5.10 Å². The zero-order valence-electron chi connectivity index (χ0n) is 14.8. The second-order valence-electron chi connectivity index (χ2n) is 6.47. The lowest BCUT2D eigenvalue weighted by Gasteiger charge is -2.36. The molecule has 0 radical (unpaired) electrons. The molecule has 5 nitrogen and oxygen atoms in total. The van der Waals surface area contributed by atoms with Crippen LogP contribution in [0.2, 0.25) is 9.36 Å². The number of piperazine rings is 1. The van der Waals surface area contributed by atoms with Crippen molar-refractivity contribution in [3.63, 3.8) is 0 Å². The molecule has 3 aromatic rings. The molecule has 3 heterocycles. The number of carbonyl (C=O) groups is 1. The number of rotatable bonds is 4. The Hall–Kier alpha value is -2.09. The summed E-state index contributed by atoms with van der Waals surface area (Å²) in [6, 6.07) is 10.1. The molecular formula is C19H17Cl2FN4OS. The highest BCUT2D eigenvalue weighted by molar-refractivity contribution is 7.19. The number of aromatic nitrogens is 2. The maximum Gasteiger partial charge on any atom is 0.244 e. The number of anilines is 1. The summed E-state index contributed by atoms with van der Waals surface area (Å²) in [6.45, 7) is 2.76. The highest BCUT2D eigenvalue weighted by Gasteiger charge is 2.22. The molecule has 0 saturated carbocycles. The Bertz CT molecular complexity index is 980. The van der Waals surface area contributed by atoms with E-state index in [0.29, 0.717) is 41.2 Å². The Balaban J connectivity index is 1.37. The lowest BCUT2D eigenvalue weighted by Crippen LogP contribution is -2.49. The molecule has 0 spiro atoms. The van der Waals surface area contributed by atoms with Crippen LogP contribution < -0.4 is 4.90 Å². The number of nitrogens with zero attached hydrogens (tertiary/aromatic N) is 4. The summed E-state index contributed by atoms with van der Waals surface area (Å²) < 4.78 is 15.3. The molecule has 1 aliphatic heterocycles. The smallest absolute Gasteiger partial charge is 0.244 e. The van der Waals surface area contributed by atoms with Crippen LogP contribution >= 0.6 is 34.5 Å². The van der Waals surface area contributed by atoms with Gasteiger partial charge in [0.25, 0.3) is 0 Å². The predicted octanol–water partition coefficient (Wildman–Crippen LogP) is 4.41. The fourth-order valence-electron chi connectivity index (χ4n) is 3.19. The van der Waals surface area contributed by atoms with Gasteiger partial charge in [0.2, 0.25) is 5.91 Å². The Labute approximate surface area is 175 Å². The third-order valence-corrected chi connectivity index (χ3v) is 6.16. The minimum absolute atomic E-state index is 0.00585. The van der Waals surface area contributed by atoms with Crippen molar-refractivity contribution in [2.45, 2.75) is 6.54 Å². The van der Waals surface area contributed by atoms with Crippen molar-refractivity contribution >= 4 is 46.1 Å². The molecule has 1 fully saturated rings. The summed E-state index contributed by atoms with van der Waals surface area (Å²) in [5.41, 5.74) is 1.60. The van der Waals surface area contributed by atoms with Gasteiger partial charge >= 0.3 is 0 Å². The number of hydrogen-bond acceptors (Lipinski definition) is 4. The number of benzene rings is 1. The summed E-state index contributed by atoms with van der Waals surface area (Å²) in [5.74, 6) is -0.256. The molecule has 0 N–H and O–H groups in total. The second-order valence-corrected chi connectivity index (χ2v) is 8.59. The molecule has 4 rings (SSSR count). The van der Waals surface area contributed by atoms with Gasteiger partial charge in [-0.05, 0) is 36.4 Å². The van der Waals surface area contributed by atoms with E-state index in [1.54, 1.807) is 29.1 Å².